The molecule has 0 unspecified atom stereocenters. The largest absolute Gasteiger partial charge is 0.550 e. The summed E-state index contributed by atoms with van der Waals surface area (Å²) in [7, 11) is 0. The van der Waals surface area contributed by atoms with Crippen molar-refractivity contribution in [2.75, 3.05) is 30.3 Å². The Balaban J connectivity index is 0.000000751. The Morgan fingerprint density at radius 2 is 1.88 bits per heavy atom. The zero-order chi connectivity index (χ0) is 24.7. The molecule has 0 saturated carbocycles. The third kappa shape index (κ3) is 5.98. The van der Waals surface area contributed by atoms with Gasteiger partial charge in [0.2, 0.25) is 5.04 Å². The van der Waals surface area contributed by atoms with E-state index >= 15 is 0 Å². The van der Waals surface area contributed by atoms with Crippen LogP contribution >= 0.6 is 23.1 Å². The van der Waals surface area contributed by atoms with Crippen LogP contribution in [0.4, 0.5) is 5.69 Å². The number of aliphatic carboxylic acids is 1. The molecule has 0 fully saturated rings. The second-order valence-corrected chi connectivity index (χ2v) is 9.83. The average Bonchev–Trinajstić information content (AvgIpc) is 3.40. The Hall–Kier alpha value is -2.84. The van der Waals surface area contributed by atoms with E-state index in [4.69, 9.17) is 9.90 Å². The standard InChI is InChI=1S/C24H28N3OS2.C2H4O2/c1-4-25-15-16-29-22(25)17-23-27(6-3)24(28)21(30-23)14-13-19-12-11-18-9-7-8-10-20(18)26(19)5-2;1-2(3)4/h7-14,17H,4-6,15-16H2,1-3H3;1H3,(H,3,4)/q+1;/p-1/b19-13+,21-14-;. The molecule has 4 rings (SSSR count). The van der Waals surface area contributed by atoms with Gasteiger partial charge in [0.1, 0.15) is 11.2 Å². The minimum atomic E-state index is -1.08. The lowest BCUT2D eigenvalue weighted by atomic mass is 10.1. The first-order chi connectivity index (χ1) is 16.4. The summed E-state index contributed by atoms with van der Waals surface area (Å²) < 4.78 is 6.08. The van der Waals surface area contributed by atoms with Gasteiger partial charge in [0, 0.05) is 30.4 Å². The molecule has 0 radical (unpaired) electrons. The topological polar surface area (TPSA) is 68.4 Å². The van der Waals surface area contributed by atoms with Crippen LogP contribution in [0.5, 0.6) is 0 Å². The average molecular weight is 498 g/mol. The highest BCUT2D eigenvalue weighted by Crippen LogP contribution is 2.30. The molecule has 6 nitrogen and oxygen atoms in total. The molecule has 0 N–H and O–H groups in total. The predicted molar refractivity (Wildman–Crippen MR) is 143 cm³/mol. The van der Waals surface area contributed by atoms with Gasteiger partial charge in [-0.1, -0.05) is 36.0 Å². The Labute approximate surface area is 208 Å². The van der Waals surface area contributed by atoms with Crippen molar-refractivity contribution in [2.45, 2.75) is 34.2 Å². The summed E-state index contributed by atoms with van der Waals surface area (Å²) in [5.41, 5.74) is 3.64. The minimum absolute atomic E-state index is 0.0977. The van der Waals surface area contributed by atoms with E-state index in [1.165, 1.54) is 16.3 Å². The molecule has 2 aliphatic heterocycles. The van der Waals surface area contributed by atoms with E-state index < -0.39 is 5.97 Å². The van der Waals surface area contributed by atoms with Gasteiger partial charge < -0.3 is 14.8 Å². The lowest BCUT2D eigenvalue weighted by Crippen LogP contribution is -2.31. The summed E-state index contributed by atoms with van der Waals surface area (Å²) in [5, 5.41) is 10.2. The highest BCUT2D eigenvalue weighted by atomic mass is 32.2. The molecular formula is C26H31N3O3S2. The molecule has 2 aromatic rings. The van der Waals surface area contributed by atoms with E-state index in [-0.39, 0.29) is 5.56 Å². The number of rotatable bonds is 5. The molecule has 34 heavy (non-hydrogen) atoms. The van der Waals surface area contributed by atoms with Crippen LogP contribution in [0.2, 0.25) is 0 Å². The number of carbonyl (C=O) groups excluding carboxylic acids is 1. The molecule has 0 atom stereocenters. The Kier molecular flexibility index (Phi) is 9.12. The van der Waals surface area contributed by atoms with Crippen LogP contribution in [-0.2, 0) is 11.3 Å². The van der Waals surface area contributed by atoms with E-state index in [2.05, 4.69) is 71.9 Å². The monoisotopic (exact) mass is 497 g/mol. The summed E-state index contributed by atoms with van der Waals surface area (Å²) in [6.07, 6.45) is 10.5. The fraction of sp³-hybridized carbons (Fsp3) is 0.346. The van der Waals surface area contributed by atoms with Crippen LogP contribution in [0.1, 0.15) is 33.3 Å². The van der Waals surface area contributed by atoms with Crippen molar-refractivity contribution >= 4 is 58.0 Å². The number of carboxylic acid groups (broad SMARTS) is 1. The lowest BCUT2D eigenvalue weighted by molar-refractivity contribution is -0.512. The number of aromatic nitrogens is 1. The van der Waals surface area contributed by atoms with Crippen molar-refractivity contribution in [2.24, 2.45) is 0 Å². The number of hydrogen-bond donors (Lipinski definition) is 0. The summed E-state index contributed by atoms with van der Waals surface area (Å²) in [6.45, 7) is 11.0. The van der Waals surface area contributed by atoms with Crippen LogP contribution in [0.15, 0.2) is 46.9 Å². The molecule has 0 amide bonds. The molecule has 0 bridgehead atoms. The first-order valence-electron chi connectivity index (χ1n) is 11.5. The van der Waals surface area contributed by atoms with Crippen LogP contribution in [-0.4, -0.2) is 45.5 Å². The maximum absolute atomic E-state index is 13.0. The number of carbonyl (C=O) groups is 1. The number of carboxylic acids is 1. The van der Waals surface area contributed by atoms with E-state index in [0.717, 1.165) is 47.2 Å². The smallest absolute Gasteiger partial charge is 0.269 e. The molecule has 8 heteroatoms. The van der Waals surface area contributed by atoms with Gasteiger partial charge in [-0.25, -0.2) is 4.58 Å². The zero-order valence-electron chi connectivity index (χ0n) is 20.1. The summed E-state index contributed by atoms with van der Waals surface area (Å²) in [5.74, 6) is 0.0349. The first-order valence-corrected chi connectivity index (χ1v) is 13.3. The highest BCUT2D eigenvalue weighted by molar-refractivity contribution is 8.14. The van der Waals surface area contributed by atoms with Gasteiger partial charge >= 0.3 is 0 Å². The van der Waals surface area contributed by atoms with Gasteiger partial charge in [0.15, 0.2) is 6.54 Å². The molecule has 1 aromatic carbocycles. The molecule has 2 aliphatic rings. The number of anilines is 1. The molecule has 0 spiro atoms. The molecule has 0 aliphatic carbocycles. The maximum Gasteiger partial charge on any atom is 0.269 e. The van der Waals surface area contributed by atoms with Crippen molar-refractivity contribution in [1.29, 1.82) is 0 Å². The fourth-order valence-electron chi connectivity index (χ4n) is 3.91. The summed E-state index contributed by atoms with van der Waals surface area (Å²) >= 11 is 3.46. The number of fused-ring (bicyclic) bond motifs is 1. The third-order valence-corrected chi connectivity index (χ3v) is 7.64. The molecule has 0 saturated heterocycles. The lowest BCUT2D eigenvalue weighted by Gasteiger charge is -2.29. The minimum Gasteiger partial charge on any atom is -0.550 e. The quantitative estimate of drug-likeness (QED) is 0.590. The van der Waals surface area contributed by atoms with Crippen molar-refractivity contribution in [3.05, 3.63) is 67.2 Å². The first kappa shape index (κ1) is 25.8. The molecule has 180 valence electrons. The molecule has 1 aromatic heterocycles. The number of likely N-dealkylation sites (N-methyl/N-ethyl adjacent to an activating group) is 1. The van der Waals surface area contributed by atoms with E-state index in [9.17, 15) is 4.79 Å². The Morgan fingerprint density at radius 1 is 1.15 bits per heavy atom. The van der Waals surface area contributed by atoms with E-state index in [1.54, 1.807) is 11.3 Å². The van der Waals surface area contributed by atoms with Crippen LogP contribution in [0, 0.1) is 0 Å². The number of allylic oxidation sites excluding steroid dienone is 2. The van der Waals surface area contributed by atoms with Gasteiger partial charge in [-0.2, -0.15) is 0 Å². The van der Waals surface area contributed by atoms with Gasteiger partial charge in [-0.05, 0) is 57.6 Å². The number of thioether (sulfide) groups is 1. The van der Waals surface area contributed by atoms with Crippen molar-refractivity contribution in [3.63, 3.8) is 0 Å². The number of thiazole rings is 1. The van der Waals surface area contributed by atoms with Gasteiger partial charge in [0.05, 0.1) is 16.4 Å². The molecule has 3 heterocycles. The third-order valence-electron chi connectivity index (χ3n) is 5.50. The Bertz CT molecular complexity index is 1310. The summed E-state index contributed by atoms with van der Waals surface area (Å²) in [4.78, 5) is 24.2. The normalized spacial score (nSPS) is 17.3. The van der Waals surface area contributed by atoms with Gasteiger partial charge in [0.25, 0.3) is 5.56 Å². The Morgan fingerprint density at radius 3 is 2.56 bits per heavy atom. The number of para-hydroxylation sites is 1. The second kappa shape index (κ2) is 12.0. The summed E-state index contributed by atoms with van der Waals surface area (Å²) in [6, 6.07) is 8.42. The van der Waals surface area contributed by atoms with Crippen LogP contribution < -0.4 is 24.8 Å². The maximum atomic E-state index is 13.0. The van der Waals surface area contributed by atoms with Crippen molar-refractivity contribution in [3.8, 4) is 0 Å². The van der Waals surface area contributed by atoms with Crippen LogP contribution in [0.3, 0.4) is 0 Å². The zero-order valence-corrected chi connectivity index (χ0v) is 21.7. The SMILES string of the molecule is CC(=O)[O-].CCN1/C(=C/C=c2\s/c(=C\C3=[N+](CC)CCS3)n(CC)c2=O)C=Cc2ccccc21. The predicted octanol–water partition coefficient (Wildman–Crippen LogP) is 1.86. The van der Waals surface area contributed by atoms with E-state index in [0.29, 0.717) is 6.54 Å². The van der Waals surface area contributed by atoms with Gasteiger partial charge in [-0.3, -0.25) is 9.36 Å². The van der Waals surface area contributed by atoms with Crippen molar-refractivity contribution < 1.29 is 14.5 Å². The van der Waals surface area contributed by atoms with Gasteiger partial charge in [-0.15, -0.1) is 11.3 Å². The number of benzene rings is 1. The van der Waals surface area contributed by atoms with Crippen molar-refractivity contribution in [1.82, 2.24) is 4.57 Å². The second-order valence-electron chi connectivity index (χ2n) is 7.65. The highest BCUT2D eigenvalue weighted by Gasteiger charge is 2.20. The van der Waals surface area contributed by atoms with Crippen LogP contribution in [0.25, 0.3) is 18.2 Å². The fourth-order valence-corrected chi connectivity index (χ4v) is 6.15. The number of nitrogens with zero attached hydrogens (tertiary/aromatic N) is 3. The van der Waals surface area contributed by atoms with E-state index in [1.807, 2.05) is 29.3 Å². The molecular weight excluding hydrogens is 466 g/mol. The number of hydrogen-bond acceptors (Lipinski definition) is 6.